The SMILES string of the molecule is O=CCOc1cncc(Br)c1. The summed E-state index contributed by atoms with van der Waals surface area (Å²) >= 11 is 3.22. The molecule has 58 valence electrons. The van der Waals surface area contributed by atoms with Gasteiger partial charge in [0.05, 0.1) is 6.20 Å². The number of aldehydes is 1. The van der Waals surface area contributed by atoms with Gasteiger partial charge < -0.3 is 4.74 Å². The van der Waals surface area contributed by atoms with E-state index in [0.717, 1.165) is 4.47 Å². The van der Waals surface area contributed by atoms with Gasteiger partial charge in [-0.2, -0.15) is 0 Å². The van der Waals surface area contributed by atoms with E-state index in [0.29, 0.717) is 12.0 Å². The normalized spacial score (nSPS) is 9.18. The zero-order valence-corrected chi connectivity index (χ0v) is 7.24. The number of hydrogen-bond acceptors (Lipinski definition) is 3. The number of halogens is 1. The van der Waals surface area contributed by atoms with Crippen molar-refractivity contribution >= 4 is 22.2 Å². The van der Waals surface area contributed by atoms with Crippen molar-refractivity contribution in [2.24, 2.45) is 0 Å². The zero-order valence-electron chi connectivity index (χ0n) is 5.66. The molecular weight excluding hydrogens is 210 g/mol. The molecule has 0 fully saturated rings. The lowest BCUT2D eigenvalue weighted by atomic mass is 10.5. The van der Waals surface area contributed by atoms with Gasteiger partial charge in [0.1, 0.15) is 12.4 Å². The van der Waals surface area contributed by atoms with Gasteiger partial charge in [-0.25, -0.2) is 0 Å². The fourth-order valence-electron chi connectivity index (χ4n) is 0.602. The first kappa shape index (κ1) is 8.20. The van der Waals surface area contributed by atoms with E-state index in [1.807, 2.05) is 0 Å². The van der Waals surface area contributed by atoms with Crippen molar-refractivity contribution in [3.8, 4) is 5.75 Å². The molecule has 1 rings (SSSR count). The summed E-state index contributed by atoms with van der Waals surface area (Å²) in [6, 6.07) is 1.75. The fourth-order valence-corrected chi connectivity index (χ4v) is 0.945. The number of carbonyl (C=O) groups is 1. The molecule has 0 unspecified atom stereocenters. The molecule has 0 atom stereocenters. The Kier molecular flexibility index (Phi) is 3.04. The lowest BCUT2D eigenvalue weighted by Crippen LogP contribution is -1.97. The Morgan fingerprint density at radius 3 is 3.09 bits per heavy atom. The van der Waals surface area contributed by atoms with E-state index in [-0.39, 0.29) is 6.61 Å². The average Bonchev–Trinajstić information content (AvgIpc) is 2.01. The summed E-state index contributed by atoms with van der Waals surface area (Å²) in [5.41, 5.74) is 0. The van der Waals surface area contributed by atoms with Crippen LogP contribution in [-0.2, 0) is 4.79 Å². The molecule has 1 aromatic rings. The summed E-state index contributed by atoms with van der Waals surface area (Å²) in [5.74, 6) is 0.589. The molecule has 0 saturated carbocycles. The number of aromatic nitrogens is 1. The van der Waals surface area contributed by atoms with E-state index in [4.69, 9.17) is 4.74 Å². The summed E-state index contributed by atoms with van der Waals surface area (Å²) < 4.78 is 5.81. The highest BCUT2D eigenvalue weighted by atomic mass is 79.9. The van der Waals surface area contributed by atoms with Crippen molar-refractivity contribution < 1.29 is 9.53 Å². The molecule has 3 nitrogen and oxygen atoms in total. The number of ether oxygens (including phenoxy) is 1. The highest BCUT2D eigenvalue weighted by Gasteiger charge is 1.93. The standard InChI is InChI=1S/C7H6BrNO2/c8-6-3-7(5-9-4-6)11-2-1-10/h1,3-5H,2H2. The molecule has 1 aromatic heterocycles. The van der Waals surface area contributed by atoms with Crippen LogP contribution in [0.1, 0.15) is 0 Å². The topological polar surface area (TPSA) is 39.2 Å². The van der Waals surface area contributed by atoms with Crippen LogP contribution in [0.25, 0.3) is 0 Å². The van der Waals surface area contributed by atoms with E-state index >= 15 is 0 Å². The zero-order chi connectivity index (χ0) is 8.10. The molecule has 0 bridgehead atoms. The molecule has 0 aliphatic carbocycles. The van der Waals surface area contributed by atoms with Crippen LogP contribution in [0.4, 0.5) is 0 Å². The molecule has 0 spiro atoms. The van der Waals surface area contributed by atoms with E-state index in [1.54, 1.807) is 18.5 Å². The van der Waals surface area contributed by atoms with Gasteiger partial charge in [0, 0.05) is 10.7 Å². The third-order valence-corrected chi connectivity index (χ3v) is 1.43. The Bertz CT molecular complexity index is 252. The first-order chi connectivity index (χ1) is 5.33. The van der Waals surface area contributed by atoms with Crippen LogP contribution in [0.2, 0.25) is 0 Å². The maximum absolute atomic E-state index is 9.91. The summed E-state index contributed by atoms with van der Waals surface area (Å²) in [4.78, 5) is 13.8. The van der Waals surface area contributed by atoms with Crippen LogP contribution >= 0.6 is 15.9 Å². The number of pyridine rings is 1. The first-order valence-electron chi connectivity index (χ1n) is 3.00. The van der Waals surface area contributed by atoms with Crippen molar-refractivity contribution in [3.63, 3.8) is 0 Å². The summed E-state index contributed by atoms with van der Waals surface area (Å²) in [6.45, 7) is 0.0676. The number of rotatable bonds is 3. The number of nitrogens with zero attached hydrogens (tertiary/aromatic N) is 1. The van der Waals surface area contributed by atoms with Crippen LogP contribution in [0.5, 0.6) is 5.75 Å². The van der Waals surface area contributed by atoms with Crippen molar-refractivity contribution in [1.29, 1.82) is 0 Å². The lowest BCUT2D eigenvalue weighted by Gasteiger charge is -1.99. The molecule has 11 heavy (non-hydrogen) atoms. The van der Waals surface area contributed by atoms with E-state index in [2.05, 4.69) is 20.9 Å². The lowest BCUT2D eigenvalue weighted by molar-refractivity contribution is -0.109. The van der Waals surface area contributed by atoms with Gasteiger partial charge >= 0.3 is 0 Å². The van der Waals surface area contributed by atoms with Crippen LogP contribution in [-0.4, -0.2) is 17.9 Å². The van der Waals surface area contributed by atoms with Gasteiger partial charge in [-0.1, -0.05) is 0 Å². The van der Waals surface area contributed by atoms with Gasteiger partial charge in [0.2, 0.25) is 0 Å². The van der Waals surface area contributed by atoms with E-state index in [1.165, 1.54) is 0 Å². The predicted octanol–water partition coefficient (Wildman–Crippen LogP) is 1.42. The number of hydrogen-bond donors (Lipinski definition) is 0. The van der Waals surface area contributed by atoms with Gasteiger partial charge in [0.25, 0.3) is 0 Å². The maximum Gasteiger partial charge on any atom is 0.157 e. The summed E-state index contributed by atoms with van der Waals surface area (Å²) in [7, 11) is 0. The fraction of sp³-hybridized carbons (Fsp3) is 0.143. The molecular formula is C7H6BrNO2. The Balaban J connectivity index is 2.63. The molecule has 0 amide bonds. The van der Waals surface area contributed by atoms with Crippen molar-refractivity contribution in [3.05, 3.63) is 22.9 Å². The predicted molar refractivity (Wildman–Crippen MR) is 43.5 cm³/mol. The van der Waals surface area contributed by atoms with Crippen molar-refractivity contribution in [1.82, 2.24) is 4.98 Å². The number of carbonyl (C=O) groups excluding carboxylic acids is 1. The van der Waals surface area contributed by atoms with Gasteiger partial charge in [-0.15, -0.1) is 0 Å². The van der Waals surface area contributed by atoms with E-state index < -0.39 is 0 Å². The molecule has 0 aliphatic heterocycles. The minimum Gasteiger partial charge on any atom is -0.484 e. The largest absolute Gasteiger partial charge is 0.484 e. The average molecular weight is 216 g/mol. The van der Waals surface area contributed by atoms with Gasteiger partial charge in [-0.3, -0.25) is 9.78 Å². The van der Waals surface area contributed by atoms with Gasteiger partial charge in [-0.05, 0) is 22.0 Å². The van der Waals surface area contributed by atoms with Gasteiger partial charge in [0.15, 0.2) is 6.29 Å². The maximum atomic E-state index is 9.91. The van der Waals surface area contributed by atoms with Crippen LogP contribution in [0.15, 0.2) is 22.9 Å². The minimum absolute atomic E-state index is 0.0676. The molecule has 0 N–H and O–H groups in total. The van der Waals surface area contributed by atoms with Crippen molar-refractivity contribution in [2.75, 3.05) is 6.61 Å². The summed E-state index contributed by atoms with van der Waals surface area (Å²) in [6.07, 6.45) is 3.89. The smallest absolute Gasteiger partial charge is 0.157 e. The molecule has 0 radical (unpaired) electrons. The Morgan fingerprint density at radius 1 is 1.64 bits per heavy atom. The van der Waals surface area contributed by atoms with E-state index in [9.17, 15) is 4.79 Å². The molecule has 0 saturated heterocycles. The van der Waals surface area contributed by atoms with Crippen LogP contribution in [0, 0.1) is 0 Å². The minimum atomic E-state index is 0.0676. The molecule has 1 heterocycles. The van der Waals surface area contributed by atoms with Crippen molar-refractivity contribution in [2.45, 2.75) is 0 Å². The second-order valence-corrected chi connectivity index (χ2v) is 2.73. The van der Waals surface area contributed by atoms with Crippen LogP contribution < -0.4 is 4.74 Å². The third-order valence-electron chi connectivity index (χ3n) is 0.998. The molecule has 0 aliphatic rings. The monoisotopic (exact) mass is 215 g/mol. The Labute approximate surface area is 72.5 Å². The third kappa shape index (κ3) is 2.67. The molecule has 4 heteroatoms. The first-order valence-corrected chi connectivity index (χ1v) is 3.79. The second-order valence-electron chi connectivity index (χ2n) is 1.82. The quantitative estimate of drug-likeness (QED) is 0.717. The highest BCUT2D eigenvalue weighted by molar-refractivity contribution is 9.10. The summed E-state index contributed by atoms with van der Waals surface area (Å²) in [5, 5.41) is 0. The Morgan fingerprint density at radius 2 is 2.45 bits per heavy atom. The highest BCUT2D eigenvalue weighted by Crippen LogP contribution is 2.15. The second kappa shape index (κ2) is 4.08. The molecule has 0 aromatic carbocycles. The van der Waals surface area contributed by atoms with Crippen LogP contribution in [0.3, 0.4) is 0 Å². The Hall–Kier alpha value is -0.900.